The van der Waals surface area contributed by atoms with Crippen molar-refractivity contribution in [1.29, 1.82) is 0 Å². The molecule has 1 heterocycles. The first-order chi connectivity index (χ1) is 6.77. The van der Waals surface area contributed by atoms with E-state index in [0.717, 1.165) is 5.56 Å². The molecule has 3 nitrogen and oxygen atoms in total. The highest BCUT2D eigenvalue weighted by Crippen LogP contribution is 2.17. The number of rotatable bonds is 2. The summed E-state index contributed by atoms with van der Waals surface area (Å²) in [7, 11) is 1.53. The van der Waals surface area contributed by atoms with Crippen LogP contribution in [0.25, 0.3) is 0 Å². The predicted molar refractivity (Wildman–Crippen MR) is 57.4 cm³/mol. The van der Waals surface area contributed by atoms with Gasteiger partial charge in [0, 0.05) is 24.1 Å². The maximum Gasteiger partial charge on any atom is 0.236 e. The van der Waals surface area contributed by atoms with Gasteiger partial charge in [-0.25, -0.2) is 4.98 Å². The van der Waals surface area contributed by atoms with Crippen molar-refractivity contribution in [1.82, 2.24) is 4.98 Å². The number of alkyl halides is 1. The Morgan fingerprint density at radius 1 is 1.64 bits per heavy atom. The third kappa shape index (κ3) is 2.82. The molecular weight excluding hydrogens is 200 g/mol. The fourth-order valence-electron chi connectivity index (χ4n) is 0.920. The Hall–Kier alpha value is -1.40. The van der Waals surface area contributed by atoms with Crippen LogP contribution in [-0.2, 0) is 0 Å². The van der Waals surface area contributed by atoms with E-state index in [4.69, 9.17) is 22.1 Å². The van der Waals surface area contributed by atoms with Crippen LogP contribution in [0.2, 0.25) is 0 Å². The van der Waals surface area contributed by atoms with Gasteiger partial charge >= 0.3 is 0 Å². The lowest BCUT2D eigenvalue weighted by atomic mass is 10.2. The van der Waals surface area contributed by atoms with E-state index in [1.807, 2.05) is 0 Å². The Bertz CT molecular complexity index is 368. The zero-order valence-electron chi connectivity index (χ0n) is 7.88. The van der Waals surface area contributed by atoms with Gasteiger partial charge in [-0.3, -0.25) is 0 Å². The smallest absolute Gasteiger partial charge is 0.236 e. The number of ether oxygens (including phenoxy) is 1. The van der Waals surface area contributed by atoms with Gasteiger partial charge in [-0.15, -0.1) is 11.6 Å². The molecule has 0 unspecified atom stereocenters. The maximum atomic E-state index is 5.65. The number of nitrogen functional groups attached to an aromatic ring is 1. The van der Waals surface area contributed by atoms with Gasteiger partial charge in [-0.1, -0.05) is 11.8 Å². The van der Waals surface area contributed by atoms with E-state index in [1.165, 1.54) is 7.11 Å². The Kier molecular flexibility index (Phi) is 4.09. The van der Waals surface area contributed by atoms with Crippen LogP contribution >= 0.6 is 11.6 Å². The molecule has 0 aliphatic rings. The van der Waals surface area contributed by atoms with Crippen molar-refractivity contribution in [3.63, 3.8) is 0 Å². The normalized spacial score (nSPS) is 9.00. The summed E-state index contributed by atoms with van der Waals surface area (Å²) < 4.78 is 4.92. The molecule has 0 aromatic carbocycles. The van der Waals surface area contributed by atoms with Crippen LogP contribution in [0.4, 0.5) is 5.69 Å². The van der Waals surface area contributed by atoms with Crippen molar-refractivity contribution in [2.45, 2.75) is 6.42 Å². The molecule has 74 valence electrons. The second-order valence-corrected chi connectivity index (χ2v) is 2.94. The summed E-state index contributed by atoms with van der Waals surface area (Å²) in [6, 6.07) is 1.73. The molecular formula is C10H11ClN2O. The molecule has 0 aliphatic heterocycles. The van der Waals surface area contributed by atoms with Gasteiger partial charge in [0.1, 0.15) is 0 Å². The lowest BCUT2D eigenvalue weighted by Crippen LogP contribution is -1.95. The number of nitrogens with two attached hydrogens (primary N) is 1. The quantitative estimate of drug-likeness (QED) is 0.597. The monoisotopic (exact) mass is 210 g/mol. The molecule has 1 aromatic rings. The van der Waals surface area contributed by atoms with Gasteiger partial charge in [-0.2, -0.15) is 0 Å². The zero-order chi connectivity index (χ0) is 10.4. The molecule has 0 saturated heterocycles. The van der Waals surface area contributed by atoms with Crippen molar-refractivity contribution in [2.75, 3.05) is 18.7 Å². The fourth-order valence-corrected chi connectivity index (χ4v) is 1.01. The summed E-state index contributed by atoms with van der Waals surface area (Å²) in [5, 5.41) is 0. The third-order valence-corrected chi connectivity index (χ3v) is 1.71. The van der Waals surface area contributed by atoms with Crippen LogP contribution in [0.15, 0.2) is 12.3 Å². The summed E-state index contributed by atoms with van der Waals surface area (Å²) in [5.74, 6) is 6.76. The van der Waals surface area contributed by atoms with E-state index in [1.54, 1.807) is 12.3 Å². The van der Waals surface area contributed by atoms with E-state index in [2.05, 4.69) is 16.8 Å². The maximum absolute atomic E-state index is 5.65. The summed E-state index contributed by atoms with van der Waals surface area (Å²) >= 11 is 5.48. The molecule has 4 heteroatoms. The minimum atomic E-state index is 0.424. The van der Waals surface area contributed by atoms with Crippen LogP contribution in [-0.4, -0.2) is 18.0 Å². The Balaban J connectivity index is 2.82. The summed E-state index contributed by atoms with van der Waals surface area (Å²) in [4.78, 5) is 3.99. The van der Waals surface area contributed by atoms with E-state index >= 15 is 0 Å². The molecule has 0 saturated carbocycles. The highest BCUT2D eigenvalue weighted by Gasteiger charge is 1.99. The van der Waals surface area contributed by atoms with Crippen molar-refractivity contribution < 1.29 is 4.74 Å². The van der Waals surface area contributed by atoms with Gasteiger partial charge < -0.3 is 10.5 Å². The van der Waals surface area contributed by atoms with Crippen molar-refractivity contribution in [3.05, 3.63) is 17.8 Å². The van der Waals surface area contributed by atoms with Crippen LogP contribution in [0.5, 0.6) is 5.88 Å². The number of anilines is 1. The number of pyridine rings is 1. The van der Waals surface area contributed by atoms with Gasteiger partial charge in [0.05, 0.1) is 12.8 Å². The minimum Gasteiger partial charge on any atom is -0.480 e. The van der Waals surface area contributed by atoms with Crippen LogP contribution in [0.1, 0.15) is 12.0 Å². The van der Waals surface area contributed by atoms with Crippen molar-refractivity contribution in [3.8, 4) is 17.7 Å². The Labute approximate surface area is 88.2 Å². The first-order valence-corrected chi connectivity index (χ1v) is 4.65. The SMILES string of the molecule is COc1ncc(C#CCCCl)cc1N. The first kappa shape index (κ1) is 10.7. The van der Waals surface area contributed by atoms with Gasteiger partial charge in [0.2, 0.25) is 5.88 Å². The second kappa shape index (κ2) is 5.36. The first-order valence-electron chi connectivity index (χ1n) is 4.12. The lowest BCUT2D eigenvalue weighted by Gasteiger charge is -2.01. The van der Waals surface area contributed by atoms with Gasteiger partial charge in [0.25, 0.3) is 0 Å². The molecule has 0 radical (unpaired) electrons. The van der Waals surface area contributed by atoms with Crippen LogP contribution in [0.3, 0.4) is 0 Å². The van der Waals surface area contributed by atoms with Crippen molar-refractivity contribution >= 4 is 17.3 Å². The number of hydrogen-bond acceptors (Lipinski definition) is 3. The van der Waals surface area contributed by atoms with E-state index in [0.29, 0.717) is 23.9 Å². The summed E-state index contributed by atoms with van der Waals surface area (Å²) in [5.41, 5.74) is 6.92. The van der Waals surface area contributed by atoms with Crippen LogP contribution in [0, 0.1) is 11.8 Å². The zero-order valence-corrected chi connectivity index (χ0v) is 8.64. The van der Waals surface area contributed by atoms with Crippen LogP contribution < -0.4 is 10.5 Å². The van der Waals surface area contributed by atoms with E-state index in [-0.39, 0.29) is 0 Å². The molecule has 0 atom stereocenters. The Morgan fingerprint density at radius 2 is 2.43 bits per heavy atom. The topological polar surface area (TPSA) is 48.1 Å². The third-order valence-electron chi connectivity index (χ3n) is 1.52. The molecule has 0 fully saturated rings. The average Bonchev–Trinajstić information content (AvgIpc) is 2.18. The summed E-state index contributed by atoms with van der Waals surface area (Å²) in [6.07, 6.45) is 2.28. The molecule has 0 amide bonds. The number of methoxy groups -OCH3 is 1. The minimum absolute atomic E-state index is 0.424. The molecule has 2 N–H and O–H groups in total. The van der Waals surface area contributed by atoms with Gasteiger partial charge in [0.15, 0.2) is 0 Å². The molecule has 0 bridgehead atoms. The largest absolute Gasteiger partial charge is 0.480 e. The highest BCUT2D eigenvalue weighted by atomic mass is 35.5. The Morgan fingerprint density at radius 3 is 3.00 bits per heavy atom. The standard InChI is InChI=1S/C10H11ClN2O/c1-14-10-9(12)6-8(7-13-10)4-2-3-5-11/h6-7H,3,5,12H2,1H3. The van der Waals surface area contributed by atoms with Gasteiger partial charge in [-0.05, 0) is 6.07 Å². The molecule has 0 aliphatic carbocycles. The molecule has 1 aromatic heterocycles. The average molecular weight is 211 g/mol. The number of hydrogen-bond donors (Lipinski definition) is 1. The second-order valence-electron chi connectivity index (χ2n) is 2.56. The number of nitrogens with zero attached hydrogens (tertiary/aromatic N) is 1. The fraction of sp³-hybridized carbons (Fsp3) is 0.300. The highest BCUT2D eigenvalue weighted by molar-refractivity contribution is 6.18. The van der Waals surface area contributed by atoms with E-state index < -0.39 is 0 Å². The lowest BCUT2D eigenvalue weighted by molar-refractivity contribution is 0.400. The molecule has 14 heavy (non-hydrogen) atoms. The molecule has 0 spiro atoms. The van der Waals surface area contributed by atoms with E-state index in [9.17, 15) is 0 Å². The summed E-state index contributed by atoms with van der Waals surface area (Å²) in [6.45, 7) is 0. The molecule has 1 rings (SSSR count). The number of aromatic nitrogens is 1. The number of halogens is 1. The van der Waals surface area contributed by atoms with Crippen molar-refractivity contribution in [2.24, 2.45) is 0 Å². The predicted octanol–water partition coefficient (Wildman–Crippen LogP) is 1.65.